The van der Waals surface area contributed by atoms with Crippen molar-refractivity contribution in [3.8, 4) is 17.2 Å². The van der Waals surface area contributed by atoms with E-state index in [0.29, 0.717) is 11.5 Å². The van der Waals surface area contributed by atoms with Crippen LogP contribution in [0.2, 0.25) is 0 Å². The molecule has 21 heavy (non-hydrogen) atoms. The molecular weight excluding hydrogens is 294 g/mol. The summed E-state index contributed by atoms with van der Waals surface area (Å²) in [5, 5.41) is 9.79. The largest absolute Gasteiger partial charge is 0.506 e. The molecule has 0 radical (unpaired) electrons. The molecule has 0 aliphatic heterocycles. The Morgan fingerprint density at radius 1 is 0.952 bits per heavy atom. The van der Waals surface area contributed by atoms with Crippen LogP contribution >= 0.6 is 0 Å². The number of rotatable bonds is 5. The number of nitrogens with one attached hydrogen (secondary N) is 1. The van der Waals surface area contributed by atoms with Gasteiger partial charge in [-0.05, 0) is 36.4 Å². The Kier molecular flexibility index (Phi) is 4.23. The average Bonchev–Trinajstić information content (AvgIpc) is 2.49. The minimum absolute atomic E-state index is 0.0681. The number of aromatic hydroxyl groups is 1. The third-order valence-corrected chi connectivity index (χ3v) is 4.20. The van der Waals surface area contributed by atoms with Gasteiger partial charge in [0.25, 0.3) is 10.0 Å². The van der Waals surface area contributed by atoms with Gasteiger partial charge in [0.15, 0.2) is 0 Å². The van der Waals surface area contributed by atoms with Gasteiger partial charge in [0.2, 0.25) is 0 Å². The van der Waals surface area contributed by atoms with Crippen molar-refractivity contribution in [1.82, 2.24) is 0 Å². The Hall–Kier alpha value is -2.41. The number of anilines is 1. The fraction of sp³-hybridized carbons (Fsp3) is 0.143. The molecule has 2 N–H and O–H groups in total. The summed E-state index contributed by atoms with van der Waals surface area (Å²) in [5.41, 5.74) is 0.0756. The van der Waals surface area contributed by atoms with E-state index in [1.165, 1.54) is 38.5 Å². The lowest BCUT2D eigenvalue weighted by molar-refractivity contribution is 0.408. The predicted octanol–water partition coefficient (Wildman–Crippen LogP) is 2.21. The topological polar surface area (TPSA) is 84.9 Å². The van der Waals surface area contributed by atoms with Gasteiger partial charge in [-0.15, -0.1) is 0 Å². The predicted molar refractivity (Wildman–Crippen MR) is 78.5 cm³/mol. The summed E-state index contributed by atoms with van der Waals surface area (Å²) in [6.07, 6.45) is 0. The summed E-state index contributed by atoms with van der Waals surface area (Å²) in [6, 6.07) is 10.2. The van der Waals surface area contributed by atoms with Crippen molar-refractivity contribution in [2.75, 3.05) is 18.9 Å². The van der Waals surface area contributed by atoms with Gasteiger partial charge in [0.05, 0.1) is 24.8 Å². The Labute approximate surface area is 123 Å². The zero-order valence-corrected chi connectivity index (χ0v) is 12.3. The maximum atomic E-state index is 12.2. The van der Waals surface area contributed by atoms with Crippen LogP contribution in [-0.2, 0) is 10.0 Å². The SMILES string of the molecule is COc1ccc(S(=O)(=O)Nc2ccc(OC)cc2O)cc1. The molecule has 112 valence electrons. The van der Waals surface area contributed by atoms with Crippen LogP contribution in [0.4, 0.5) is 5.69 Å². The van der Waals surface area contributed by atoms with Crippen molar-refractivity contribution in [2.45, 2.75) is 4.90 Å². The van der Waals surface area contributed by atoms with E-state index < -0.39 is 10.0 Å². The molecule has 0 heterocycles. The number of ether oxygens (including phenoxy) is 2. The lowest BCUT2D eigenvalue weighted by Crippen LogP contribution is -2.13. The van der Waals surface area contributed by atoms with Gasteiger partial charge in [-0.2, -0.15) is 0 Å². The highest BCUT2D eigenvalue weighted by atomic mass is 32.2. The molecule has 0 bridgehead atoms. The van der Waals surface area contributed by atoms with E-state index in [9.17, 15) is 13.5 Å². The molecule has 0 atom stereocenters. The van der Waals surface area contributed by atoms with Gasteiger partial charge in [0, 0.05) is 6.07 Å². The minimum Gasteiger partial charge on any atom is -0.506 e. The highest BCUT2D eigenvalue weighted by Crippen LogP contribution is 2.30. The Morgan fingerprint density at radius 2 is 1.52 bits per heavy atom. The number of hydrogen-bond donors (Lipinski definition) is 2. The summed E-state index contributed by atoms with van der Waals surface area (Å²) >= 11 is 0. The normalized spacial score (nSPS) is 11.0. The van der Waals surface area contributed by atoms with Gasteiger partial charge >= 0.3 is 0 Å². The number of phenolic OH excluding ortho intramolecular Hbond substituents is 1. The number of hydrogen-bond acceptors (Lipinski definition) is 5. The fourth-order valence-corrected chi connectivity index (χ4v) is 2.76. The van der Waals surface area contributed by atoms with Crippen molar-refractivity contribution in [2.24, 2.45) is 0 Å². The van der Waals surface area contributed by atoms with Crippen molar-refractivity contribution in [1.29, 1.82) is 0 Å². The second kappa shape index (κ2) is 5.92. The number of phenols is 1. The molecule has 0 saturated heterocycles. The van der Waals surface area contributed by atoms with E-state index in [4.69, 9.17) is 9.47 Å². The van der Waals surface area contributed by atoms with Crippen LogP contribution < -0.4 is 14.2 Å². The van der Waals surface area contributed by atoms with Crippen molar-refractivity contribution >= 4 is 15.7 Å². The zero-order valence-electron chi connectivity index (χ0n) is 11.5. The molecule has 0 unspecified atom stereocenters. The molecule has 0 aromatic heterocycles. The smallest absolute Gasteiger partial charge is 0.262 e. The van der Waals surface area contributed by atoms with Crippen molar-refractivity contribution in [3.63, 3.8) is 0 Å². The minimum atomic E-state index is -3.79. The second-order valence-electron chi connectivity index (χ2n) is 4.16. The van der Waals surface area contributed by atoms with Gasteiger partial charge in [-0.25, -0.2) is 8.42 Å². The maximum absolute atomic E-state index is 12.2. The lowest BCUT2D eigenvalue weighted by atomic mass is 10.3. The highest BCUT2D eigenvalue weighted by molar-refractivity contribution is 7.92. The van der Waals surface area contributed by atoms with E-state index in [1.807, 2.05) is 0 Å². The molecule has 0 amide bonds. The molecule has 2 aromatic rings. The first-order chi connectivity index (χ1) is 9.96. The van der Waals surface area contributed by atoms with Gasteiger partial charge in [-0.1, -0.05) is 0 Å². The van der Waals surface area contributed by atoms with Crippen LogP contribution in [-0.4, -0.2) is 27.7 Å². The quantitative estimate of drug-likeness (QED) is 0.827. The molecule has 0 aliphatic carbocycles. The van der Waals surface area contributed by atoms with Crippen LogP contribution in [0.15, 0.2) is 47.4 Å². The van der Waals surface area contributed by atoms with Crippen LogP contribution in [0.25, 0.3) is 0 Å². The highest BCUT2D eigenvalue weighted by Gasteiger charge is 2.16. The zero-order chi connectivity index (χ0) is 15.5. The van der Waals surface area contributed by atoms with E-state index in [1.54, 1.807) is 18.2 Å². The monoisotopic (exact) mass is 309 g/mol. The lowest BCUT2D eigenvalue weighted by Gasteiger charge is -2.11. The molecule has 2 rings (SSSR count). The molecule has 2 aromatic carbocycles. The Bertz CT molecular complexity index is 726. The molecule has 0 aliphatic rings. The van der Waals surface area contributed by atoms with Crippen LogP contribution in [0.3, 0.4) is 0 Å². The summed E-state index contributed by atoms with van der Waals surface area (Å²) in [7, 11) is -0.835. The van der Waals surface area contributed by atoms with Gasteiger partial charge in [-0.3, -0.25) is 4.72 Å². The maximum Gasteiger partial charge on any atom is 0.262 e. The number of benzene rings is 2. The van der Waals surface area contributed by atoms with E-state index >= 15 is 0 Å². The summed E-state index contributed by atoms with van der Waals surface area (Å²) in [6.45, 7) is 0. The van der Waals surface area contributed by atoms with Crippen LogP contribution in [0, 0.1) is 0 Å². The van der Waals surface area contributed by atoms with Gasteiger partial charge in [0.1, 0.15) is 17.2 Å². The molecule has 0 fully saturated rings. The Morgan fingerprint density at radius 3 is 2.05 bits per heavy atom. The summed E-state index contributed by atoms with van der Waals surface area (Å²) in [4.78, 5) is 0.0681. The van der Waals surface area contributed by atoms with Crippen molar-refractivity contribution < 1.29 is 23.0 Å². The number of methoxy groups -OCH3 is 2. The standard InChI is InChI=1S/C14H15NO5S/c1-19-10-3-6-12(7-4-10)21(17,18)15-13-8-5-11(20-2)9-14(13)16/h3-9,15-16H,1-2H3. The van der Waals surface area contributed by atoms with Crippen LogP contribution in [0.5, 0.6) is 17.2 Å². The second-order valence-corrected chi connectivity index (χ2v) is 5.85. The molecular formula is C14H15NO5S. The molecule has 6 nitrogen and oxygen atoms in total. The van der Waals surface area contributed by atoms with E-state index in [2.05, 4.69) is 4.72 Å². The number of sulfonamides is 1. The van der Waals surface area contributed by atoms with Gasteiger partial charge < -0.3 is 14.6 Å². The van der Waals surface area contributed by atoms with E-state index in [0.717, 1.165) is 0 Å². The average molecular weight is 309 g/mol. The van der Waals surface area contributed by atoms with E-state index in [-0.39, 0.29) is 16.3 Å². The molecule has 0 saturated carbocycles. The molecule has 7 heteroatoms. The van der Waals surface area contributed by atoms with Crippen LogP contribution in [0.1, 0.15) is 0 Å². The Balaban J connectivity index is 2.28. The molecule has 0 spiro atoms. The fourth-order valence-electron chi connectivity index (χ4n) is 1.68. The summed E-state index contributed by atoms with van der Waals surface area (Å²) in [5.74, 6) is 0.771. The van der Waals surface area contributed by atoms with Crippen molar-refractivity contribution in [3.05, 3.63) is 42.5 Å². The first-order valence-corrected chi connectivity index (χ1v) is 7.48. The third kappa shape index (κ3) is 3.38. The first-order valence-electron chi connectivity index (χ1n) is 6.00. The third-order valence-electron chi connectivity index (χ3n) is 2.82. The summed E-state index contributed by atoms with van der Waals surface area (Å²) < 4.78 is 36.7. The first kappa shape index (κ1) is 15.0.